The summed E-state index contributed by atoms with van der Waals surface area (Å²) in [7, 11) is 0. The van der Waals surface area contributed by atoms with Crippen LogP contribution < -0.4 is 5.32 Å². The fourth-order valence-electron chi connectivity index (χ4n) is 2.39. The average Bonchev–Trinajstić information content (AvgIpc) is 3.00. The maximum Gasteiger partial charge on any atom is 0.126 e. The zero-order valence-corrected chi connectivity index (χ0v) is 14.8. The van der Waals surface area contributed by atoms with Gasteiger partial charge < -0.3 is 5.32 Å². The van der Waals surface area contributed by atoms with Crippen LogP contribution in [0.3, 0.4) is 0 Å². The molecule has 0 saturated heterocycles. The second-order valence-corrected chi connectivity index (χ2v) is 6.44. The third kappa shape index (κ3) is 3.99. The van der Waals surface area contributed by atoms with Crippen LogP contribution in [0.25, 0.3) is 0 Å². The zero-order valence-electron chi connectivity index (χ0n) is 13.2. The highest BCUT2D eigenvalue weighted by molar-refractivity contribution is 9.10. The van der Waals surface area contributed by atoms with Gasteiger partial charge >= 0.3 is 0 Å². The molecule has 2 heterocycles. The van der Waals surface area contributed by atoms with E-state index in [2.05, 4.69) is 56.6 Å². The molecule has 3 rings (SSSR count). The molecule has 0 amide bonds. The summed E-state index contributed by atoms with van der Waals surface area (Å²) in [5.41, 5.74) is 3.36. The number of aromatic nitrogens is 3. The van der Waals surface area contributed by atoms with E-state index < -0.39 is 0 Å². The van der Waals surface area contributed by atoms with Crippen molar-refractivity contribution in [2.24, 2.45) is 0 Å². The van der Waals surface area contributed by atoms with E-state index in [-0.39, 0.29) is 6.04 Å². The Morgan fingerprint density at radius 1 is 1.17 bits per heavy atom. The molecule has 1 atom stereocenters. The lowest BCUT2D eigenvalue weighted by Gasteiger charge is -2.13. The molecule has 0 fully saturated rings. The van der Waals surface area contributed by atoms with Crippen LogP contribution in [0.1, 0.15) is 29.8 Å². The van der Waals surface area contributed by atoms with E-state index in [1.807, 2.05) is 48.1 Å². The monoisotopic (exact) mass is 370 g/mol. The zero-order chi connectivity index (χ0) is 16.2. The van der Waals surface area contributed by atoms with Gasteiger partial charge in [0.1, 0.15) is 5.82 Å². The molecule has 1 unspecified atom stereocenters. The molecule has 1 aromatic carbocycles. The van der Waals surface area contributed by atoms with E-state index >= 15 is 0 Å². The number of rotatable bonds is 5. The first-order chi connectivity index (χ1) is 11.1. The van der Waals surface area contributed by atoms with Gasteiger partial charge in [0.25, 0.3) is 0 Å². The summed E-state index contributed by atoms with van der Waals surface area (Å²) in [6.07, 6.45) is 3.99. The Morgan fingerprint density at radius 2 is 1.96 bits per heavy atom. The van der Waals surface area contributed by atoms with Crippen molar-refractivity contribution in [2.45, 2.75) is 26.4 Å². The van der Waals surface area contributed by atoms with Crippen molar-refractivity contribution >= 4 is 21.7 Å². The van der Waals surface area contributed by atoms with Crippen LogP contribution in [-0.2, 0) is 6.54 Å². The van der Waals surface area contributed by atoms with Crippen LogP contribution in [0, 0.1) is 6.92 Å². The SMILES string of the molecule is Cc1nc(NC(C)c2cnn(Cc3ccccc3)c2)ccc1Br. The predicted octanol–water partition coefficient (Wildman–Crippen LogP) is 4.57. The van der Waals surface area contributed by atoms with Crippen molar-refractivity contribution in [2.75, 3.05) is 5.32 Å². The molecule has 0 bridgehead atoms. The lowest BCUT2D eigenvalue weighted by molar-refractivity contribution is 0.685. The van der Waals surface area contributed by atoms with Gasteiger partial charge in [-0.15, -0.1) is 0 Å². The fraction of sp³-hybridized carbons (Fsp3) is 0.222. The molecule has 0 saturated carbocycles. The molecule has 0 aliphatic rings. The Kier molecular flexibility index (Phi) is 4.76. The molecule has 0 aliphatic heterocycles. The second-order valence-electron chi connectivity index (χ2n) is 5.59. The van der Waals surface area contributed by atoms with Gasteiger partial charge in [-0.05, 0) is 47.5 Å². The summed E-state index contributed by atoms with van der Waals surface area (Å²) in [5, 5.41) is 7.87. The number of halogens is 1. The molecule has 2 aromatic heterocycles. The highest BCUT2D eigenvalue weighted by atomic mass is 79.9. The molecule has 23 heavy (non-hydrogen) atoms. The number of anilines is 1. The van der Waals surface area contributed by atoms with E-state index in [9.17, 15) is 0 Å². The summed E-state index contributed by atoms with van der Waals surface area (Å²) >= 11 is 3.47. The Labute approximate surface area is 144 Å². The highest BCUT2D eigenvalue weighted by Crippen LogP contribution is 2.21. The smallest absolute Gasteiger partial charge is 0.126 e. The highest BCUT2D eigenvalue weighted by Gasteiger charge is 2.09. The number of benzene rings is 1. The quantitative estimate of drug-likeness (QED) is 0.715. The lowest BCUT2D eigenvalue weighted by Crippen LogP contribution is -2.08. The van der Waals surface area contributed by atoms with E-state index in [1.165, 1.54) is 5.56 Å². The average molecular weight is 371 g/mol. The van der Waals surface area contributed by atoms with Crippen molar-refractivity contribution in [3.8, 4) is 0 Å². The van der Waals surface area contributed by atoms with Crippen LogP contribution in [0.2, 0.25) is 0 Å². The first-order valence-corrected chi connectivity index (χ1v) is 8.37. The van der Waals surface area contributed by atoms with Crippen LogP contribution >= 0.6 is 15.9 Å². The van der Waals surface area contributed by atoms with Crippen molar-refractivity contribution in [3.63, 3.8) is 0 Å². The summed E-state index contributed by atoms with van der Waals surface area (Å²) in [6.45, 7) is 4.88. The van der Waals surface area contributed by atoms with Gasteiger partial charge in [-0.1, -0.05) is 30.3 Å². The molecule has 0 aliphatic carbocycles. The minimum atomic E-state index is 0.146. The Bertz CT molecular complexity index is 783. The first-order valence-electron chi connectivity index (χ1n) is 7.58. The maximum atomic E-state index is 4.53. The minimum Gasteiger partial charge on any atom is -0.363 e. The lowest BCUT2D eigenvalue weighted by atomic mass is 10.2. The van der Waals surface area contributed by atoms with Crippen molar-refractivity contribution in [1.29, 1.82) is 0 Å². The minimum absolute atomic E-state index is 0.146. The largest absolute Gasteiger partial charge is 0.363 e. The normalized spacial score (nSPS) is 12.1. The molecule has 0 spiro atoms. The van der Waals surface area contributed by atoms with Crippen LogP contribution in [0.4, 0.5) is 5.82 Å². The molecule has 0 radical (unpaired) electrons. The third-order valence-corrected chi connectivity index (χ3v) is 4.56. The number of hydrogen-bond donors (Lipinski definition) is 1. The molecule has 3 aromatic rings. The van der Waals surface area contributed by atoms with Crippen LogP contribution in [-0.4, -0.2) is 14.8 Å². The molecule has 1 N–H and O–H groups in total. The number of nitrogens with zero attached hydrogens (tertiary/aromatic N) is 3. The summed E-state index contributed by atoms with van der Waals surface area (Å²) in [5.74, 6) is 0.869. The summed E-state index contributed by atoms with van der Waals surface area (Å²) in [6, 6.07) is 14.5. The van der Waals surface area contributed by atoms with Crippen molar-refractivity contribution in [1.82, 2.24) is 14.8 Å². The summed E-state index contributed by atoms with van der Waals surface area (Å²) in [4.78, 5) is 4.53. The molecular formula is C18H19BrN4. The third-order valence-electron chi connectivity index (χ3n) is 3.73. The van der Waals surface area contributed by atoms with Crippen molar-refractivity contribution in [3.05, 3.63) is 76.2 Å². The maximum absolute atomic E-state index is 4.53. The predicted molar refractivity (Wildman–Crippen MR) is 96.5 cm³/mol. The van der Waals surface area contributed by atoms with Gasteiger partial charge in [-0.25, -0.2) is 4.98 Å². The Morgan fingerprint density at radius 3 is 2.70 bits per heavy atom. The fourth-order valence-corrected chi connectivity index (χ4v) is 2.61. The molecule has 118 valence electrons. The standard InChI is InChI=1S/C18H19BrN4/c1-13(21-18-9-8-17(19)14(2)22-18)16-10-20-23(12-16)11-15-6-4-3-5-7-15/h3-10,12-13H,11H2,1-2H3,(H,21,22). The number of hydrogen-bond acceptors (Lipinski definition) is 3. The molecule has 4 nitrogen and oxygen atoms in total. The number of pyridine rings is 1. The van der Waals surface area contributed by atoms with Gasteiger partial charge in [0.2, 0.25) is 0 Å². The van der Waals surface area contributed by atoms with E-state index in [0.717, 1.165) is 28.1 Å². The van der Waals surface area contributed by atoms with Gasteiger partial charge in [0.05, 0.1) is 24.5 Å². The molecule has 5 heteroatoms. The van der Waals surface area contributed by atoms with Crippen LogP contribution in [0.5, 0.6) is 0 Å². The topological polar surface area (TPSA) is 42.7 Å². The Hall–Kier alpha value is -2.14. The van der Waals surface area contributed by atoms with Crippen LogP contribution in [0.15, 0.2) is 59.3 Å². The molecular weight excluding hydrogens is 352 g/mol. The van der Waals surface area contributed by atoms with Gasteiger partial charge in [-0.2, -0.15) is 5.10 Å². The second kappa shape index (κ2) is 6.96. The van der Waals surface area contributed by atoms with E-state index in [0.29, 0.717) is 0 Å². The van der Waals surface area contributed by atoms with E-state index in [4.69, 9.17) is 0 Å². The van der Waals surface area contributed by atoms with Gasteiger partial charge in [0, 0.05) is 16.2 Å². The number of aryl methyl sites for hydroxylation is 1. The van der Waals surface area contributed by atoms with Gasteiger partial charge in [0.15, 0.2) is 0 Å². The van der Waals surface area contributed by atoms with E-state index in [1.54, 1.807) is 0 Å². The van der Waals surface area contributed by atoms with Crippen molar-refractivity contribution < 1.29 is 0 Å². The summed E-state index contributed by atoms with van der Waals surface area (Å²) < 4.78 is 2.98. The Balaban J connectivity index is 1.68. The number of nitrogens with one attached hydrogen (secondary N) is 1. The first kappa shape index (κ1) is 15.7. The van der Waals surface area contributed by atoms with Gasteiger partial charge in [-0.3, -0.25) is 4.68 Å².